The van der Waals surface area contributed by atoms with Gasteiger partial charge < -0.3 is 16.0 Å². The second-order valence-electron chi connectivity index (χ2n) is 7.37. The molecule has 0 spiro atoms. The predicted octanol–water partition coefficient (Wildman–Crippen LogP) is 3.09. The summed E-state index contributed by atoms with van der Waals surface area (Å²) in [6.07, 6.45) is 11.8. The molecule has 132 valence electrons. The summed E-state index contributed by atoms with van der Waals surface area (Å²) in [4.78, 5) is 23.7. The van der Waals surface area contributed by atoms with Gasteiger partial charge in [-0.2, -0.15) is 0 Å². The molecule has 2 aliphatic carbocycles. The van der Waals surface area contributed by atoms with Crippen LogP contribution < -0.4 is 16.0 Å². The fraction of sp³-hybridized carbons (Fsp3) is 0.889. The summed E-state index contributed by atoms with van der Waals surface area (Å²) in [6, 6.07) is 0.604. The smallest absolute Gasteiger partial charge is 0.315 e. The fourth-order valence-electron chi connectivity index (χ4n) is 3.80. The van der Waals surface area contributed by atoms with Crippen LogP contribution in [-0.2, 0) is 4.79 Å². The predicted molar refractivity (Wildman–Crippen MR) is 92.2 cm³/mol. The van der Waals surface area contributed by atoms with E-state index >= 15 is 0 Å². The van der Waals surface area contributed by atoms with E-state index in [1.165, 1.54) is 32.1 Å². The van der Waals surface area contributed by atoms with Crippen molar-refractivity contribution < 1.29 is 9.59 Å². The molecule has 0 saturated heterocycles. The van der Waals surface area contributed by atoms with Crippen molar-refractivity contribution in [2.45, 2.75) is 89.6 Å². The summed E-state index contributed by atoms with van der Waals surface area (Å²) in [6.45, 7) is 2.82. The molecule has 0 aromatic carbocycles. The fourth-order valence-corrected chi connectivity index (χ4v) is 3.80. The van der Waals surface area contributed by atoms with Crippen LogP contribution in [-0.4, -0.2) is 30.6 Å². The Kier molecular flexibility index (Phi) is 7.69. The minimum Gasteiger partial charge on any atom is -0.353 e. The summed E-state index contributed by atoms with van der Waals surface area (Å²) in [5, 5.41) is 9.03. The van der Waals surface area contributed by atoms with Gasteiger partial charge in [0.1, 0.15) is 0 Å². The summed E-state index contributed by atoms with van der Waals surface area (Å²) in [5.74, 6) is 0.845. The molecular weight excluding hydrogens is 290 g/mol. The van der Waals surface area contributed by atoms with E-state index in [1.54, 1.807) is 0 Å². The Hall–Kier alpha value is -1.26. The molecule has 0 aromatic heterocycles. The van der Waals surface area contributed by atoms with Gasteiger partial charge in [0.15, 0.2) is 0 Å². The SMILES string of the molecule is CC1CCCC(NC(=O)CCCNC(=O)NC2CCCCC2)C1. The zero-order chi connectivity index (χ0) is 16.5. The van der Waals surface area contributed by atoms with Crippen LogP contribution in [0.5, 0.6) is 0 Å². The number of nitrogens with one attached hydrogen (secondary N) is 3. The maximum Gasteiger partial charge on any atom is 0.315 e. The molecule has 0 aliphatic heterocycles. The van der Waals surface area contributed by atoms with Crippen molar-refractivity contribution in [3.05, 3.63) is 0 Å². The van der Waals surface area contributed by atoms with Crippen molar-refractivity contribution in [2.24, 2.45) is 5.92 Å². The van der Waals surface area contributed by atoms with Crippen LogP contribution in [0.2, 0.25) is 0 Å². The van der Waals surface area contributed by atoms with Gasteiger partial charge in [-0.15, -0.1) is 0 Å². The molecule has 0 radical (unpaired) electrons. The first-order chi connectivity index (χ1) is 11.1. The molecular formula is C18H33N3O2. The standard InChI is InChI=1S/C18H33N3O2/c1-14-7-5-10-16(13-14)20-17(22)11-6-12-19-18(23)21-15-8-3-2-4-9-15/h14-16H,2-13H2,1H3,(H,20,22)(H2,19,21,23). The van der Waals surface area contributed by atoms with Crippen LogP contribution in [0.25, 0.3) is 0 Å². The summed E-state index contributed by atoms with van der Waals surface area (Å²) < 4.78 is 0. The zero-order valence-corrected chi connectivity index (χ0v) is 14.5. The molecule has 2 saturated carbocycles. The lowest BCUT2D eigenvalue weighted by atomic mass is 9.87. The topological polar surface area (TPSA) is 70.2 Å². The van der Waals surface area contributed by atoms with Crippen molar-refractivity contribution >= 4 is 11.9 Å². The number of carbonyl (C=O) groups excluding carboxylic acids is 2. The molecule has 0 aromatic rings. The van der Waals surface area contributed by atoms with Crippen LogP contribution in [0, 0.1) is 5.92 Å². The number of rotatable bonds is 6. The van der Waals surface area contributed by atoms with E-state index in [-0.39, 0.29) is 11.9 Å². The monoisotopic (exact) mass is 323 g/mol. The van der Waals surface area contributed by atoms with Crippen LogP contribution in [0.4, 0.5) is 4.79 Å². The van der Waals surface area contributed by atoms with Gasteiger partial charge in [0.2, 0.25) is 5.91 Å². The molecule has 2 unspecified atom stereocenters. The third-order valence-electron chi connectivity index (χ3n) is 5.11. The molecule has 3 amide bonds. The largest absolute Gasteiger partial charge is 0.353 e. The highest BCUT2D eigenvalue weighted by Gasteiger charge is 2.20. The second kappa shape index (κ2) is 9.78. The maximum absolute atomic E-state index is 11.9. The van der Waals surface area contributed by atoms with E-state index in [0.717, 1.165) is 31.6 Å². The average Bonchev–Trinajstić information content (AvgIpc) is 2.52. The van der Waals surface area contributed by atoms with E-state index in [0.29, 0.717) is 31.5 Å². The highest BCUT2D eigenvalue weighted by Crippen LogP contribution is 2.23. The van der Waals surface area contributed by atoms with Crippen LogP contribution in [0.1, 0.15) is 77.6 Å². The van der Waals surface area contributed by atoms with Crippen molar-refractivity contribution in [3.63, 3.8) is 0 Å². The van der Waals surface area contributed by atoms with E-state index in [4.69, 9.17) is 0 Å². The van der Waals surface area contributed by atoms with Gasteiger partial charge >= 0.3 is 6.03 Å². The van der Waals surface area contributed by atoms with Gasteiger partial charge in [-0.05, 0) is 38.0 Å². The van der Waals surface area contributed by atoms with Gasteiger partial charge in [-0.3, -0.25) is 4.79 Å². The minimum absolute atomic E-state index is 0.0848. The van der Waals surface area contributed by atoms with Gasteiger partial charge in [-0.1, -0.05) is 39.0 Å². The quantitative estimate of drug-likeness (QED) is 0.657. The normalized spacial score (nSPS) is 25.6. The number of hydrogen-bond acceptors (Lipinski definition) is 2. The molecule has 3 N–H and O–H groups in total. The maximum atomic E-state index is 11.9. The van der Waals surface area contributed by atoms with Gasteiger partial charge in [-0.25, -0.2) is 4.79 Å². The number of urea groups is 1. The first-order valence-electron chi connectivity index (χ1n) is 9.47. The van der Waals surface area contributed by atoms with E-state index in [9.17, 15) is 9.59 Å². The zero-order valence-electron chi connectivity index (χ0n) is 14.5. The number of hydrogen-bond donors (Lipinski definition) is 3. The Labute approximate surface area is 140 Å². The molecule has 0 bridgehead atoms. The molecule has 2 rings (SSSR count). The number of amides is 3. The molecule has 5 nitrogen and oxygen atoms in total. The molecule has 2 aliphatic rings. The molecule has 0 heterocycles. The number of carbonyl (C=O) groups is 2. The summed E-state index contributed by atoms with van der Waals surface area (Å²) in [7, 11) is 0. The van der Waals surface area contributed by atoms with Gasteiger partial charge in [0.25, 0.3) is 0 Å². The van der Waals surface area contributed by atoms with Gasteiger partial charge in [0, 0.05) is 25.0 Å². The van der Waals surface area contributed by atoms with Crippen molar-refractivity contribution in [3.8, 4) is 0 Å². The van der Waals surface area contributed by atoms with Crippen molar-refractivity contribution in [2.75, 3.05) is 6.54 Å². The lowest BCUT2D eigenvalue weighted by molar-refractivity contribution is -0.122. The molecule has 23 heavy (non-hydrogen) atoms. The van der Waals surface area contributed by atoms with E-state index < -0.39 is 0 Å². The lowest BCUT2D eigenvalue weighted by Gasteiger charge is -2.27. The first kappa shape index (κ1) is 18.1. The Morgan fingerprint density at radius 2 is 1.65 bits per heavy atom. The highest BCUT2D eigenvalue weighted by atomic mass is 16.2. The Balaban J connectivity index is 1.50. The van der Waals surface area contributed by atoms with Crippen molar-refractivity contribution in [1.82, 2.24) is 16.0 Å². The van der Waals surface area contributed by atoms with Crippen molar-refractivity contribution in [1.29, 1.82) is 0 Å². The van der Waals surface area contributed by atoms with Crippen LogP contribution in [0.3, 0.4) is 0 Å². The summed E-state index contributed by atoms with van der Waals surface area (Å²) in [5.41, 5.74) is 0. The van der Waals surface area contributed by atoms with Crippen LogP contribution in [0.15, 0.2) is 0 Å². The summed E-state index contributed by atoms with van der Waals surface area (Å²) >= 11 is 0. The molecule has 2 atom stereocenters. The molecule has 2 fully saturated rings. The molecule has 5 heteroatoms. The van der Waals surface area contributed by atoms with E-state index in [2.05, 4.69) is 22.9 Å². The average molecular weight is 323 g/mol. The Morgan fingerprint density at radius 1 is 0.913 bits per heavy atom. The Bertz CT molecular complexity index is 380. The lowest BCUT2D eigenvalue weighted by Crippen LogP contribution is -2.43. The minimum atomic E-state index is -0.0848. The van der Waals surface area contributed by atoms with E-state index in [1.807, 2.05) is 0 Å². The van der Waals surface area contributed by atoms with Crippen LogP contribution >= 0.6 is 0 Å². The third kappa shape index (κ3) is 7.23. The second-order valence-corrected chi connectivity index (χ2v) is 7.37. The van der Waals surface area contributed by atoms with Gasteiger partial charge in [0.05, 0.1) is 0 Å². The Morgan fingerprint density at radius 3 is 2.39 bits per heavy atom. The third-order valence-corrected chi connectivity index (χ3v) is 5.11. The first-order valence-corrected chi connectivity index (χ1v) is 9.47. The highest BCUT2D eigenvalue weighted by molar-refractivity contribution is 5.76.